The van der Waals surface area contributed by atoms with Crippen molar-refractivity contribution in [2.24, 2.45) is 5.73 Å². The molecule has 2 rings (SSSR count). The molecule has 148 valence electrons. The molecule has 0 spiro atoms. The third kappa shape index (κ3) is 4.87. The molecule has 0 aliphatic rings. The average Bonchev–Trinajstić information content (AvgIpc) is 2.93. The number of aliphatic hydroxyl groups excluding tert-OH is 1. The number of carbonyl (C=O) groups is 1. The van der Waals surface area contributed by atoms with Gasteiger partial charge in [-0.15, -0.1) is 11.3 Å². The molecule has 1 aromatic carbocycles. The first-order valence-corrected chi connectivity index (χ1v) is 9.98. The average molecular weight is 419 g/mol. The smallest absolute Gasteiger partial charge is 0.256 e. The van der Waals surface area contributed by atoms with Crippen LogP contribution in [-0.2, 0) is 10.0 Å². The largest absolute Gasteiger partial charge is 0.377 e. The highest BCUT2D eigenvalue weighted by molar-refractivity contribution is 7.91. The molecule has 0 bridgehead atoms. The third-order valence-electron chi connectivity index (χ3n) is 3.72. The van der Waals surface area contributed by atoms with E-state index in [1.807, 2.05) is 0 Å². The summed E-state index contributed by atoms with van der Waals surface area (Å²) in [7, 11) is -4.04. The molecule has 5 N–H and O–H groups in total. The van der Waals surface area contributed by atoms with Crippen LogP contribution in [0, 0.1) is 18.6 Å². The van der Waals surface area contributed by atoms with Crippen LogP contribution < -0.4 is 15.8 Å². The van der Waals surface area contributed by atoms with Crippen molar-refractivity contribution in [2.45, 2.75) is 36.7 Å². The molecule has 0 aliphatic heterocycles. The van der Waals surface area contributed by atoms with Crippen LogP contribution in [0.1, 0.15) is 29.1 Å². The summed E-state index contributed by atoms with van der Waals surface area (Å²) in [6.45, 7) is 4.37. The molecule has 0 fully saturated rings. The fraction of sp³-hybridized carbons (Fsp3) is 0.312. The van der Waals surface area contributed by atoms with Gasteiger partial charge in [0.2, 0.25) is 0 Å². The molecule has 27 heavy (non-hydrogen) atoms. The normalized spacial score (nSPS) is 13.4. The minimum atomic E-state index is -4.04. The standard InChI is InChI=1S/C16H19F2N3O4S2/c1-8-10(14(22)20-9-4-5-11(17)12(18)6-9)7-13(26-8)27(24,25)21-16(2,3)15(19)23/h4-7,15,21,23H,19H2,1-3H3,(H,20,22). The molecule has 11 heteroatoms. The second-order valence-corrected chi connectivity index (χ2v) is 9.56. The molecule has 1 atom stereocenters. The number of halogens is 2. The number of rotatable bonds is 6. The maximum Gasteiger partial charge on any atom is 0.256 e. The van der Waals surface area contributed by atoms with Gasteiger partial charge >= 0.3 is 0 Å². The van der Waals surface area contributed by atoms with Gasteiger partial charge in [-0.3, -0.25) is 4.79 Å². The van der Waals surface area contributed by atoms with Crippen LogP contribution in [0.3, 0.4) is 0 Å². The van der Waals surface area contributed by atoms with Crippen LogP contribution >= 0.6 is 11.3 Å². The number of sulfonamides is 1. The van der Waals surface area contributed by atoms with Gasteiger partial charge in [0.1, 0.15) is 10.4 Å². The number of carbonyl (C=O) groups excluding carboxylic acids is 1. The molecule has 1 aromatic heterocycles. The van der Waals surface area contributed by atoms with Crippen molar-refractivity contribution in [2.75, 3.05) is 5.32 Å². The van der Waals surface area contributed by atoms with E-state index in [2.05, 4.69) is 10.0 Å². The number of nitrogens with two attached hydrogens (primary N) is 1. The van der Waals surface area contributed by atoms with E-state index >= 15 is 0 Å². The van der Waals surface area contributed by atoms with Crippen molar-refractivity contribution >= 4 is 33.0 Å². The van der Waals surface area contributed by atoms with Gasteiger partial charge in [-0.25, -0.2) is 21.9 Å². The van der Waals surface area contributed by atoms with Crippen LogP contribution in [0.4, 0.5) is 14.5 Å². The number of aryl methyl sites for hydroxylation is 1. The Kier molecular flexibility index (Phi) is 6.02. The van der Waals surface area contributed by atoms with Crippen molar-refractivity contribution in [1.29, 1.82) is 0 Å². The molecule has 0 aliphatic carbocycles. The Hall–Kier alpha value is -1.92. The Balaban J connectivity index is 2.27. The molecule has 0 saturated heterocycles. The third-order valence-corrected chi connectivity index (χ3v) is 6.91. The number of anilines is 1. The summed E-state index contributed by atoms with van der Waals surface area (Å²) in [6.07, 6.45) is -1.44. The topological polar surface area (TPSA) is 122 Å². The van der Waals surface area contributed by atoms with Crippen LogP contribution in [0.25, 0.3) is 0 Å². The lowest BCUT2D eigenvalue weighted by Gasteiger charge is -2.28. The van der Waals surface area contributed by atoms with Gasteiger partial charge in [0.15, 0.2) is 11.6 Å². The predicted octanol–water partition coefficient (Wildman–Crippen LogP) is 1.92. The lowest BCUT2D eigenvalue weighted by atomic mass is 10.1. The first-order valence-electron chi connectivity index (χ1n) is 7.68. The minimum Gasteiger partial charge on any atom is -0.377 e. The zero-order valence-electron chi connectivity index (χ0n) is 14.7. The Morgan fingerprint density at radius 2 is 1.89 bits per heavy atom. The van der Waals surface area contributed by atoms with Gasteiger partial charge < -0.3 is 16.2 Å². The summed E-state index contributed by atoms with van der Waals surface area (Å²) >= 11 is 0.850. The number of nitrogens with one attached hydrogen (secondary N) is 2. The quantitative estimate of drug-likeness (QED) is 0.533. The van der Waals surface area contributed by atoms with Gasteiger partial charge in [-0.1, -0.05) is 0 Å². The van der Waals surface area contributed by atoms with Crippen LogP contribution in [-0.4, -0.2) is 31.2 Å². The number of hydrogen-bond donors (Lipinski definition) is 4. The van der Waals surface area contributed by atoms with Crippen molar-refractivity contribution in [3.8, 4) is 0 Å². The van der Waals surface area contributed by atoms with E-state index in [-0.39, 0.29) is 15.5 Å². The minimum absolute atomic E-state index is 0.0272. The highest BCUT2D eigenvalue weighted by atomic mass is 32.2. The second kappa shape index (κ2) is 7.60. The van der Waals surface area contributed by atoms with E-state index in [4.69, 9.17) is 5.73 Å². The molecule has 1 unspecified atom stereocenters. The van der Waals surface area contributed by atoms with Gasteiger partial charge in [0.25, 0.3) is 15.9 Å². The van der Waals surface area contributed by atoms with E-state index in [9.17, 15) is 27.1 Å². The first kappa shape index (κ1) is 21.4. The fourth-order valence-corrected chi connectivity index (χ4v) is 4.91. The number of benzene rings is 1. The highest BCUT2D eigenvalue weighted by Crippen LogP contribution is 2.28. The Morgan fingerprint density at radius 3 is 2.44 bits per heavy atom. The number of thiophene rings is 1. The van der Waals surface area contributed by atoms with E-state index in [0.717, 1.165) is 29.5 Å². The molecule has 2 aromatic rings. The molecular weight excluding hydrogens is 400 g/mol. The fourth-order valence-electron chi connectivity index (χ4n) is 2.04. The molecule has 1 heterocycles. The van der Waals surface area contributed by atoms with Gasteiger partial charge in [-0.05, 0) is 39.0 Å². The van der Waals surface area contributed by atoms with Crippen molar-refractivity contribution in [1.82, 2.24) is 4.72 Å². The summed E-state index contributed by atoms with van der Waals surface area (Å²) in [4.78, 5) is 12.8. The van der Waals surface area contributed by atoms with Gasteiger partial charge in [0.05, 0.1) is 11.1 Å². The number of aliphatic hydroxyl groups is 1. The summed E-state index contributed by atoms with van der Waals surface area (Å²) in [5, 5.41) is 11.9. The maximum atomic E-state index is 13.3. The Morgan fingerprint density at radius 1 is 1.26 bits per heavy atom. The van der Waals surface area contributed by atoms with E-state index < -0.39 is 39.3 Å². The zero-order chi connectivity index (χ0) is 20.6. The number of amides is 1. The Labute approximate surface area is 159 Å². The monoisotopic (exact) mass is 419 g/mol. The number of hydrogen-bond acceptors (Lipinski definition) is 6. The summed E-state index contributed by atoms with van der Waals surface area (Å²) < 4.78 is 53.3. The van der Waals surface area contributed by atoms with E-state index in [1.54, 1.807) is 6.92 Å². The molecule has 0 radical (unpaired) electrons. The lowest BCUT2D eigenvalue weighted by Crippen LogP contribution is -2.55. The summed E-state index contributed by atoms with van der Waals surface area (Å²) in [6, 6.07) is 4.03. The SMILES string of the molecule is Cc1sc(S(=O)(=O)NC(C)(C)C(N)O)cc1C(=O)Nc1ccc(F)c(F)c1. The summed E-state index contributed by atoms with van der Waals surface area (Å²) in [5.41, 5.74) is 4.12. The van der Waals surface area contributed by atoms with Crippen molar-refractivity contribution in [3.63, 3.8) is 0 Å². The molecule has 0 saturated carbocycles. The van der Waals surface area contributed by atoms with Crippen molar-refractivity contribution < 1.29 is 27.1 Å². The molecular formula is C16H19F2N3O4S2. The first-order chi connectivity index (χ1) is 12.3. The van der Waals surface area contributed by atoms with Crippen molar-refractivity contribution in [3.05, 3.63) is 46.3 Å². The van der Waals surface area contributed by atoms with Gasteiger partial charge in [0, 0.05) is 16.6 Å². The van der Waals surface area contributed by atoms with E-state index in [1.165, 1.54) is 19.9 Å². The second-order valence-electron chi connectivity index (χ2n) is 6.39. The lowest BCUT2D eigenvalue weighted by molar-refractivity contribution is 0.100. The maximum absolute atomic E-state index is 13.3. The zero-order valence-corrected chi connectivity index (χ0v) is 16.3. The van der Waals surface area contributed by atoms with Crippen LogP contribution in [0.2, 0.25) is 0 Å². The van der Waals surface area contributed by atoms with Crippen LogP contribution in [0.5, 0.6) is 0 Å². The van der Waals surface area contributed by atoms with Gasteiger partial charge in [-0.2, -0.15) is 0 Å². The van der Waals surface area contributed by atoms with Crippen LogP contribution in [0.15, 0.2) is 28.5 Å². The molecule has 7 nitrogen and oxygen atoms in total. The predicted molar refractivity (Wildman–Crippen MR) is 98.0 cm³/mol. The summed E-state index contributed by atoms with van der Waals surface area (Å²) in [5.74, 6) is -2.84. The Bertz CT molecular complexity index is 972. The van der Waals surface area contributed by atoms with E-state index in [0.29, 0.717) is 4.88 Å². The molecule has 1 amide bonds. The highest BCUT2D eigenvalue weighted by Gasteiger charge is 2.32.